The van der Waals surface area contributed by atoms with Crippen molar-refractivity contribution in [2.45, 2.75) is 37.2 Å². The van der Waals surface area contributed by atoms with E-state index in [9.17, 15) is 19.8 Å². The number of thioether (sulfide) groups is 2. The SMILES string of the molecule is CCOc1cc(CC2SC(N3CCN(C4=NC(=O)C(Cc5ccc(O)c(OCC)c5)S4)CC3)=NC2=O)ccc1O. The van der Waals surface area contributed by atoms with Crippen LogP contribution in [0.3, 0.4) is 0 Å². The number of rotatable bonds is 8. The van der Waals surface area contributed by atoms with Crippen molar-refractivity contribution in [3.63, 3.8) is 0 Å². The average Bonchev–Trinajstić information content (AvgIpc) is 3.50. The highest BCUT2D eigenvalue weighted by Crippen LogP contribution is 2.34. The van der Waals surface area contributed by atoms with Gasteiger partial charge in [-0.25, -0.2) is 0 Å². The van der Waals surface area contributed by atoms with Crippen molar-refractivity contribution in [1.82, 2.24) is 9.80 Å². The molecule has 10 nitrogen and oxygen atoms in total. The molecule has 3 aliphatic heterocycles. The van der Waals surface area contributed by atoms with Gasteiger partial charge in [0.1, 0.15) is 0 Å². The zero-order chi connectivity index (χ0) is 28.2. The minimum atomic E-state index is -0.316. The van der Waals surface area contributed by atoms with Crippen molar-refractivity contribution in [1.29, 1.82) is 0 Å². The van der Waals surface area contributed by atoms with Gasteiger partial charge < -0.3 is 29.5 Å². The summed E-state index contributed by atoms with van der Waals surface area (Å²) in [6.07, 6.45) is 1.00. The van der Waals surface area contributed by atoms with Crippen molar-refractivity contribution in [2.75, 3.05) is 39.4 Å². The van der Waals surface area contributed by atoms with E-state index in [-0.39, 0.29) is 33.8 Å². The van der Waals surface area contributed by atoms with Crippen LogP contribution >= 0.6 is 23.5 Å². The number of carbonyl (C=O) groups is 2. The molecular formula is C28H32N4O6S2. The minimum absolute atomic E-state index is 0.0833. The highest BCUT2D eigenvalue weighted by Gasteiger charge is 2.36. The molecule has 1 fully saturated rings. The van der Waals surface area contributed by atoms with Crippen LogP contribution in [-0.4, -0.2) is 92.1 Å². The fraction of sp³-hybridized carbons (Fsp3) is 0.429. The van der Waals surface area contributed by atoms with Gasteiger partial charge in [-0.3, -0.25) is 9.59 Å². The predicted octanol–water partition coefficient (Wildman–Crippen LogP) is 3.29. The third-order valence-electron chi connectivity index (χ3n) is 6.77. The number of carbonyl (C=O) groups excluding carboxylic acids is 2. The Kier molecular flexibility index (Phi) is 8.75. The normalized spacial score (nSPS) is 21.1. The monoisotopic (exact) mass is 584 g/mol. The van der Waals surface area contributed by atoms with E-state index in [0.717, 1.165) is 21.5 Å². The molecule has 2 aromatic carbocycles. The summed E-state index contributed by atoms with van der Waals surface area (Å²) < 4.78 is 10.9. The Balaban J connectivity index is 1.12. The number of aliphatic imine (C=N–C) groups is 2. The first-order chi connectivity index (χ1) is 19.3. The quantitative estimate of drug-likeness (QED) is 0.478. The van der Waals surface area contributed by atoms with Gasteiger partial charge in [0.15, 0.2) is 33.3 Å². The van der Waals surface area contributed by atoms with Crippen LogP contribution in [0.25, 0.3) is 0 Å². The van der Waals surface area contributed by atoms with Crippen LogP contribution in [-0.2, 0) is 22.4 Å². The van der Waals surface area contributed by atoms with Crippen molar-refractivity contribution >= 4 is 45.7 Å². The standard InChI is InChI=1S/C28H32N4O6S2/c1-3-37-21-13-17(5-7-19(21)33)15-23-25(35)29-27(39-23)31-9-11-32(12-10-31)28-30-26(36)24(40-28)16-18-6-8-20(34)22(14-18)38-4-2/h5-8,13-14,23-24,33-34H,3-4,9-12,15-16H2,1-2H3. The maximum atomic E-state index is 12.7. The van der Waals surface area contributed by atoms with Crippen molar-refractivity contribution < 1.29 is 29.3 Å². The number of amides is 2. The molecule has 0 aliphatic carbocycles. The highest BCUT2D eigenvalue weighted by molar-refractivity contribution is 8.15. The maximum Gasteiger partial charge on any atom is 0.262 e. The lowest BCUT2D eigenvalue weighted by atomic mass is 10.1. The van der Waals surface area contributed by atoms with Crippen molar-refractivity contribution in [3.8, 4) is 23.0 Å². The van der Waals surface area contributed by atoms with Crippen LogP contribution in [0.4, 0.5) is 0 Å². The lowest BCUT2D eigenvalue weighted by molar-refractivity contribution is -0.117. The molecule has 12 heteroatoms. The second kappa shape index (κ2) is 12.4. The molecule has 212 valence electrons. The maximum absolute atomic E-state index is 12.7. The van der Waals surface area contributed by atoms with Gasteiger partial charge in [-0.2, -0.15) is 9.98 Å². The molecule has 3 heterocycles. The van der Waals surface area contributed by atoms with E-state index >= 15 is 0 Å². The summed E-state index contributed by atoms with van der Waals surface area (Å²) in [5.41, 5.74) is 1.82. The second-order valence-corrected chi connectivity index (χ2v) is 11.9. The molecule has 0 spiro atoms. The van der Waals surface area contributed by atoms with Gasteiger partial charge in [-0.15, -0.1) is 0 Å². The average molecular weight is 585 g/mol. The van der Waals surface area contributed by atoms with Gasteiger partial charge in [-0.1, -0.05) is 35.7 Å². The number of piperazine rings is 1. The molecule has 2 amide bonds. The lowest BCUT2D eigenvalue weighted by Gasteiger charge is -2.36. The molecule has 5 rings (SSSR count). The number of hydrogen-bond donors (Lipinski definition) is 2. The molecule has 1 saturated heterocycles. The third kappa shape index (κ3) is 6.33. The molecule has 2 aromatic rings. The van der Waals surface area contributed by atoms with Gasteiger partial charge in [0.2, 0.25) is 0 Å². The fourth-order valence-electron chi connectivity index (χ4n) is 4.72. The van der Waals surface area contributed by atoms with Crippen LogP contribution in [0.2, 0.25) is 0 Å². The highest BCUT2D eigenvalue weighted by atomic mass is 32.2. The summed E-state index contributed by atoms with van der Waals surface area (Å²) in [7, 11) is 0. The van der Waals surface area contributed by atoms with Crippen LogP contribution in [0.1, 0.15) is 25.0 Å². The van der Waals surface area contributed by atoms with E-state index in [0.29, 0.717) is 63.7 Å². The lowest BCUT2D eigenvalue weighted by Crippen LogP contribution is -2.49. The summed E-state index contributed by atoms with van der Waals surface area (Å²) >= 11 is 2.94. The Morgan fingerprint density at radius 2 is 1.15 bits per heavy atom. The van der Waals surface area contributed by atoms with Crippen LogP contribution in [0, 0.1) is 0 Å². The van der Waals surface area contributed by atoms with Gasteiger partial charge in [0.05, 0.1) is 23.7 Å². The van der Waals surface area contributed by atoms with E-state index in [1.165, 1.54) is 23.5 Å². The molecule has 0 radical (unpaired) electrons. The van der Waals surface area contributed by atoms with Crippen LogP contribution in [0.15, 0.2) is 46.4 Å². The summed E-state index contributed by atoms with van der Waals surface area (Å²) in [5.74, 6) is 0.692. The van der Waals surface area contributed by atoms with E-state index < -0.39 is 0 Å². The van der Waals surface area contributed by atoms with Crippen molar-refractivity contribution in [3.05, 3.63) is 47.5 Å². The molecule has 0 bridgehead atoms. The Labute approximate surface area is 241 Å². The number of hydrogen-bond acceptors (Lipinski definition) is 10. The number of ether oxygens (including phenoxy) is 2. The molecular weight excluding hydrogens is 552 g/mol. The molecule has 2 N–H and O–H groups in total. The first kappa shape index (κ1) is 28.2. The third-order valence-corrected chi connectivity index (χ3v) is 9.20. The van der Waals surface area contributed by atoms with Gasteiger partial charge >= 0.3 is 0 Å². The Morgan fingerprint density at radius 3 is 1.52 bits per heavy atom. The van der Waals surface area contributed by atoms with E-state index in [2.05, 4.69) is 19.8 Å². The minimum Gasteiger partial charge on any atom is -0.504 e. The topological polar surface area (TPSA) is 124 Å². The first-order valence-corrected chi connectivity index (χ1v) is 15.1. The fourth-order valence-corrected chi connectivity index (χ4v) is 7.04. The molecule has 3 aliphatic rings. The summed E-state index contributed by atoms with van der Waals surface area (Å²) in [6.45, 7) is 7.30. The number of benzene rings is 2. The zero-order valence-corrected chi connectivity index (χ0v) is 24.0. The second-order valence-electron chi connectivity index (χ2n) is 9.53. The smallest absolute Gasteiger partial charge is 0.262 e. The molecule has 0 saturated carbocycles. The zero-order valence-electron chi connectivity index (χ0n) is 22.4. The van der Waals surface area contributed by atoms with E-state index in [4.69, 9.17) is 9.47 Å². The van der Waals surface area contributed by atoms with E-state index in [1.54, 1.807) is 36.4 Å². The number of amidine groups is 2. The summed E-state index contributed by atoms with van der Waals surface area (Å²) in [4.78, 5) is 38.3. The molecule has 2 atom stereocenters. The van der Waals surface area contributed by atoms with Crippen LogP contribution in [0.5, 0.6) is 23.0 Å². The number of phenols is 2. The van der Waals surface area contributed by atoms with Crippen molar-refractivity contribution in [2.24, 2.45) is 9.98 Å². The first-order valence-electron chi connectivity index (χ1n) is 13.3. The van der Waals surface area contributed by atoms with Gasteiger partial charge in [0, 0.05) is 26.2 Å². The van der Waals surface area contributed by atoms with Gasteiger partial charge in [0.25, 0.3) is 11.8 Å². The number of aromatic hydroxyl groups is 2. The Morgan fingerprint density at radius 1 is 0.750 bits per heavy atom. The Bertz CT molecular complexity index is 1240. The largest absolute Gasteiger partial charge is 0.504 e. The molecule has 2 unspecified atom stereocenters. The summed E-state index contributed by atoms with van der Waals surface area (Å²) in [5, 5.41) is 20.7. The van der Waals surface area contributed by atoms with E-state index in [1.807, 2.05) is 13.8 Å². The molecule has 40 heavy (non-hydrogen) atoms. The van der Waals surface area contributed by atoms with Gasteiger partial charge in [-0.05, 0) is 62.1 Å². The summed E-state index contributed by atoms with van der Waals surface area (Å²) in [6, 6.07) is 10.3. The number of nitrogens with zero attached hydrogens (tertiary/aromatic N) is 4. The predicted molar refractivity (Wildman–Crippen MR) is 157 cm³/mol. The molecule has 0 aromatic heterocycles. The Hall–Kier alpha value is -3.38. The van der Waals surface area contributed by atoms with Crippen LogP contribution < -0.4 is 9.47 Å². The number of phenolic OH excluding ortho intramolecular Hbond substituents is 2.